The van der Waals surface area contributed by atoms with Crippen molar-refractivity contribution in [1.29, 1.82) is 0 Å². The standard InChI is InChI=1S/C27H38O5/c1-10-23(29)32-22-14-20(27(7,8)9)25(31)16(3)18(22)12-11-17-15(2)24(30)19(13-21(17)28)26(4,5)6/h13-14,28,30-31H,10-12H2,1-9H3. The average Bonchev–Trinajstić information content (AvgIpc) is 2.67. The molecule has 5 heteroatoms. The second-order valence-electron chi connectivity index (χ2n) is 10.6. The van der Waals surface area contributed by atoms with Crippen LogP contribution < -0.4 is 4.74 Å². The van der Waals surface area contributed by atoms with Crippen LogP contribution in [0, 0.1) is 13.8 Å². The van der Waals surface area contributed by atoms with E-state index >= 15 is 0 Å². The van der Waals surface area contributed by atoms with Gasteiger partial charge in [0, 0.05) is 28.7 Å². The van der Waals surface area contributed by atoms with Gasteiger partial charge < -0.3 is 20.1 Å². The summed E-state index contributed by atoms with van der Waals surface area (Å²) >= 11 is 0. The molecule has 32 heavy (non-hydrogen) atoms. The summed E-state index contributed by atoms with van der Waals surface area (Å²) in [6, 6.07) is 3.38. The number of carbonyl (C=O) groups is 1. The first-order valence-electron chi connectivity index (χ1n) is 11.2. The first kappa shape index (κ1) is 25.6. The van der Waals surface area contributed by atoms with Gasteiger partial charge in [-0.2, -0.15) is 0 Å². The van der Waals surface area contributed by atoms with Crippen molar-refractivity contribution in [1.82, 2.24) is 0 Å². The minimum Gasteiger partial charge on any atom is -0.508 e. The fourth-order valence-electron chi connectivity index (χ4n) is 3.95. The van der Waals surface area contributed by atoms with Crippen LogP contribution >= 0.6 is 0 Å². The van der Waals surface area contributed by atoms with Gasteiger partial charge in [-0.1, -0.05) is 48.5 Å². The van der Waals surface area contributed by atoms with Gasteiger partial charge in [0.05, 0.1) is 0 Å². The molecule has 0 unspecified atom stereocenters. The summed E-state index contributed by atoms with van der Waals surface area (Å²) in [5.74, 6) is 0.596. The van der Waals surface area contributed by atoms with E-state index < -0.39 is 0 Å². The van der Waals surface area contributed by atoms with Crippen LogP contribution in [0.3, 0.4) is 0 Å². The smallest absolute Gasteiger partial charge is 0.310 e. The van der Waals surface area contributed by atoms with Crippen LogP contribution in [0.2, 0.25) is 0 Å². The van der Waals surface area contributed by atoms with Crippen molar-refractivity contribution in [3.8, 4) is 23.0 Å². The quantitative estimate of drug-likeness (QED) is 0.295. The molecule has 0 aliphatic rings. The number of benzene rings is 2. The van der Waals surface area contributed by atoms with Crippen LogP contribution in [0.25, 0.3) is 0 Å². The minimum absolute atomic E-state index is 0.130. The number of phenols is 3. The molecule has 0 atom stereocenters. The van der Waals surface area contributed by atoms with E-state index in [1.807, 2.05) is 48.5 Å². The Labute approximate surface area is 192 Å². The Morgan fingerprint density at radius 1 is 0.812 bits per heavy atom. The maximum atomic E-state index is 12.1. The first-order chi connectivity index (χ1) is 14.6. The molecule has 0 aromatic heterocycles. The lowest BCUT2D eigenvalue weighted by molar-refractivity contribution is -0.134. The van der Waals surface area contributed by atoms with Crippen molar-refractivity contribution in [3.63, 3.8) is 0 Å². The van der Waals surface area contributed by atoms with Gasteiger partial charge in [0.15, 0.2) is 0 Å². The Balaban J connectivity index is 2.55. The maximum absolute atomic E-state index is 12.1. The number of aromatic hydroxyl groups is 3. The Bertz CT molecular complexity index is 1020. The van der Waals surface area contributed by atoms with Crippen molar-refractivity contribution in [3.05, 3.63) is 45.5 Å². The topological polar surface area (TPSA) is 87.0 Å². The summed E-state index contributed by atoms with van der Waals surface area (Å²) in [7, 11) is 0. The largest absolute Gasteiger partial charge is 0.508 e. The van der Waals surface area contributed by atoms with Gasteiger partial charge in [0.1, 0.15) is 23.0 Å². The normalized spacial score (nSPS) is 12.2. The predicted molar refractivity (Wildman–Crippen MR) is 128 cm³/mol. The van der Waals surface area contributed by atoms with Crippen molar-refractivity contribution < 1.29 is 24.9 Å². The predicted octanol–water partition coefficient (Wildman–Crippen LogP) is 6.12. The van der Waals surface area contributed by atoms with Crippen LogP contribution in [0.15, 0.2) is 12.1 Å². The zero-order chi connectivity index (χ0) is 24.6. The van der Waals surface area contributed by atoms with Crippen LogP contribution in [0.4, 0.5) is 0 Å². The average molecular weight is 443 g/mol. The number of phenolic OH excluding ortho intramolecular Hbond substituents is 3. The molecule has 5 nitrogen and oxygen atoms in total. The Morgan fingerprint density at radius 3 is 1.72 bits per heavy atom. The molecule has 2 aromatic carbocycles. The molecule has 0 aliphatic heterocycles. The van der Waals surface area contributed by atoms with Crippen LogP contribution in [-0.4, -0.2) is 21.3 Å². The van der Waals surface area contributed by atoms with Crippen LogP contribution in [0.5, 0.6) is 23.0 Å². The summed E-state index contributed by atoms with van der Waals surface area (Å²) in [6.45, 7) is 17.3. The second kappa shape index (κ2) is 9.05. The van der Waals surface area contributed by atoms with Gasteiger partial charge in [-0.25, -0.2) is 0 Å². The highest BCUT2D eigenvalue weighted by Crippen LogP contribution is 2.42. The van der Waals surface area contributed by atoms with E-state index in [1.165, 1.54) is 0 Å². The summed E-state index contributed by atoms with van der Waals surface area (Å²) < 4.78 is 5.64. The molecule has 0 saturated carbocycles. The molecule has 2 rings (SSSR count). The molecule has 0 fully saturated rings. The maximum Gasteiger partial charge on any atom is 0.310 e. The molecular weight excluding hydrogens is 404 g/mol. The summed E-state index contributed by atoms with van der Waals surface area (Å²) in [5.41, 5.74) is 3.42. The molecule has 176 valence electrons. The number of ether oxygens (including phenoxy) is 1. The summed E-state index contributed by atoms with van der Waals surface area (Å²) in [6.07, 6.45) is 1.09. The van der Waals surface area contributed by atoms with Gasteiger partial charge in [0.25, 0.3) is 0 Å². The Hall–Kier alpha value is -2.69. The number of hydrogen-bond donors (Lipinski definition) is 3. The molecule has 2 aromatic rings. The van der Waals surface area contributed by atoms with Gasteiger partial charge in [-0.15, -0.1) is 0 Å². The number of hydrogen-bond acceptors (Lipinski definition) is 5. The third-order valence-corrected chi connectivity index (χ3v) is 6.04. The lowest BCUT2D eigenvalue weighted by Crippen LogP contribution is -2.15. The second-order valence-corrected chi connectivity index (χ2v) is 10.6. The summed E-state index contributed by atoms with van der Waals surface area (Å²) in [4.78, 5) is 12.1. The summed E-state index contributed by atoms with van der Waals surface area (Å²) in [5, 5.41) is 32.3. The van der Waals surface area contributed by atoms with Gasteiger partial charge in [-0.05, 0) is 60.8 Å². The zero-order valence-corrected chi connectivity index (χ0v) is 20.9. The monoisotopic (exact) mass is 442 g/mol. The van der Waals surface area contributed by atoms with Crippen molar-refractivity contribution in [2.24, 2.45) is 0 Å². The Kier molecular flexibility index (Phi) is 7.23. The molecule has 0 spiro atoms. The molecule has 0 amide bonds. The fraction of sp³-hybridized carbons (Fsp3) is 0.519. The van der Waals surface area contributed by atoms with E-state index in [0.717, 1.165) is 5.56 Å². The van der Waals surface area contributed by atoms with E-state index in [-0.39, 0.29) is 40.5 Å². The third-order valence-electron chi connectivity index (χ3n) is 6.04. The van der Waals surface area contributed by atoms with E-state index in [2.05, 4.69) is 0 Å². The molecule has 0 heterocycles. The van der Waals surface area contributed by atoms with Gasteiger partial charge in [-0.3, -0.25) is 4.79 Å². The molecule has 0 bridgehead atoms. The van der Waals surface area contributed by atoms with Crippen LogP contribution in [0.1, 0.15) is 88.3 Å². The van der Waals surface area contributed by atoms with Crippen molar-refractivity contribution in [2.75, 3.05) is 0 Å². The fourth-order valence-corrected chi connectivity index (χ4v) is 3.95. The zero-order valence-electron chi connectivity index (χ0n) is 20.9. The number of rotatable bonds is 5. The van der Waals surface area contributed by atoms with Crippen LogP contribution in [-0.2, 0) is 28.5 Å². The lowest BCUT2D eigenvalue weighted by atomic mass is 9.82. The SMILES string of the molecule is CCC(=O)Oc1cc(C(C)(C)C)c(O)c(C)c1CCc1c(O)cc(C(C)(C)C)c(O)c1C. The van der Waals surface area contributed by atoms with Gasteiger partial charge >= 0.3 is 5.97 Å². The van der Waals surface area contributed by atoms with Crippen molar-refractivity contribution >= 4 is 5.97 Å². The van der Waals surface area contributed by atoms with E-state index in [1.54, 1.807) is 26.0 Å². The molecular formula is C27H38O5. The molecule has 3 N–H and O–H groups in total. The van der Waals surface area contributed by atoms with E-state index in [9.17, 15) is 20.1 Å². The van der Waals surface area contributed by atoms with Gasteiger partial charge in [0.2, 0.25) is 0 Å². The molecule has 0 radical (unpaired) electrons. The number of esters is 1. The van der Waals surface area contributed by atoms with E-state index in [0.29, 0.717) is 46.4 Å². The highest BCUT2D eigenvalue weighted by Gasteiger charge is 2.26. The Morgan fingerprint density at radius 2 is 1.25 bits per heavy atom. The van der Waals surface area contributed by atoms with Crippen molar-refractivity contribution in [2.45, 2.75) is 92.4 Å². The van der Waals surface area contributed by atoms with E-state index in [4.69, 9.17) is 4.74 Å². The molecule has 0 saturated heterocycles. The number of carbonyl (C=O) groups excluding carboxylic acids is 1. The minimum atomic E-state index is -0.345. The lowest BCUT2D eigenvalue weighted by Gasteiger charge is -2.25. The highest BCUT2D eigenvalue weighted by molar-refractivity contribution is 5.73. The highest BCUT2D eigenvalue weighted by atomic mass is 16.5. The first-order valence-corrected chi connectivity index (χ1v) is 11.2. The third kappa shape index (κ3) is 5.20. The molecule has 0 aliphatic carbocycles.